The molecule has 6 heteroatoms. The molecule has 0 bridgehead atoms. The Morgan fingerprint density at radius 1 is 1.25 bits per heavy atom. The Balaban J connectivity index is 0. The SMILES string of the molecule is [CH2-]C(=O)C(C)(C)C.[CH2-]C(=O)CN1C(=O)CC(C)C1=O.[Y]. The minimum atomic E-state index is -0.411. The predicted molar refractivity (Wildman–Crippen MR) is 70.7 cm³/mol. The zero-order valence-electron chi connectivity index (χ0n) is 12.6. The normalized spacial score (nSPS) is 18.0. The first-order chi connectivity index (χ1) is 8.46. The van der Waals surface area contributed by atoms with Crippen molar-refractivity contribution in [1.82, 2.24) is 4.90 Å². The van der Waals surface area contributed by atoms with Crippen LogP contribution in [0.1, 0.15) is 34.1 Å². The summed E-state index contributed by atoms with van der Waals surface area (Å²) in [5, 5.41) is 0. The van der Waals surface area contributed by atoms with Crippen LogP contribution in [0.25, 0.3) is 0 Å². The van der Waals surface area contributed by atoms with Crippen molar-refractivity contribution in [2.45, 2.75) is 34.1 Å². The molecule has 1 radical (unpaired) electrons. The van der Waals surface area contributed by atoms with E-state index in [0.717, 1.165) is 4.90 Å². The molecule has 0 aromatic heterocycles. The smallest absolute Gasteiger partial charge is 0.232 e. The molecule has 1 atom stereocenters. The van der Waals surface area contributed by atoms with Crippen LogP contribution in [0.2, 0.25) is 0 Å². The summed E-state index contributed by atoms with van der Waals surface area (Å²) in [5.74, 6) is -1.24. The van der Waals surface area contributed by atoms with Crippen LogP contribution in [0.3, 0.4) is 0 Å². The first-order valence-electron chi connectivity index (χ1n) is 6.02. The van der Waals surface area contributed by atoms with Crippen molar-refractivity contribution in [2.24, 2.45) is 11.3 Å². The van der Waals surface area contributed by atoms with Crippen LogP contribution in [0.4, 0.5) is 0 Å². The Morgan fingerprint density at radius 2 is 1.65 bits per heavy atom. The minimum absolute atomic E-state index is 0. The molecule has 1 aliphatic heterocycles. The minimum Gasteiger partial charge on any atom is -0.339 e. The number of imide groups is 1. The van der Waals surface area contributed by atoms with E-state index in [1.165, 1.54) is 0 Å². The topological polar surface area (TPSA) is 71.5 Å². The molecule has 1 rings (SSSR count). The molecule has 1 unspecified atom stereocenters. The number of hydrogen-bond acceptors (Lipinski definition) is 4. The summed E-state index contributed by atoms with van der Waals surface area (Å²) in [7, 11) is 0. The van der Waals surface area contributed by atoms with Crippen molar-refractivity contribution in [2.75, 3.05) is 6.54 Å². The molecule has 0 aromatic rings. The average Bonchev–Trinajstić information content (AvgIpc) is 2.44. The van der Waals surface area contributed by atoms with Crippen molar-refractivity contribution in [3.05, 3.63) is 13.8 Å². The molecular formula is C14H21NO4Y-2. The molecule has 2 amide bonds. The maximum Gasteiger partial charge on any atom is 0.232 e. The van der Waals surface area contributed by atoms with Crippen LogP contribution in [-0.2, 0) is 51.9 Å². The molecule has 111 valence electrons. The molecule has 0 aromatic carbocycles. The van der Waals surface area contributed by atoms with Crippen LogP contribution >= 0.6 is 0 Å². The van der Waals surface area contributed by atoms with E-state index >= 15 is 0 Å². The van der Waals surface area contributed by atoms with Gasteiger partial charge in [0.2, 0.25) is 11.8 Å². The van der Waals surface area contributed by atoms with Crippen molar-refractivity contribution in [3.8, 4) is 0 Å². The first kappa shape index (κ1) is 21.6. The van der Waals surface area contributed by atoms with Crippen molar-refractivity contribution in [3.63, 3.8) is 0 Å². The molecule has 0 spiro atoms. The van der Waals surface area contributed by atoms with Gasteiger partial charge in [-0.15, -0.1) is 0 Å². The largest absolute Gasteiger partial charge is 0.339 e. The standard InChI is InChI=1S/C8H10NO3.C6H11O.Y/c1-5-3-7(11)9(8(5)12)4-6(2)10;1-5(7)6(2,3)4;/h5H,2-4H2,1H3;1H2,2-4H3;/q2*-1;. The molecule has 5 nitrogen and oxygen atoms in total. The monoisotopic (exact) mass is 356 g/mol. The summed E-state index contributed by atoms with van der Waals surface area (Å²) in [4.78, 5) is 44.1. The van der Waals surface area contributed by atoms with Gasteiger partial charge in [0.15, 0.2) is 0 Å². The maximum atomic E-state index is 11.2. The van der Waals surface area contributed by atoms with E-state index in [1.807, 2.05) is 20.8 Å². The fourth-order valence-electron chi connectivity index (χ4n) is 1.19. The molecule has 0 aliphatic carbocycles. The Hall–Kier alpha value is -0.676. The number of Topliss-reactive ketones (excluding diaryl/α,β-unsaturated/α-hetero) is 2. The van der Waals surface area contributed by atoms with Gasteiger partial charge in [-0.05, 0) is 5.41 Å². The Kier molecular flexibility index (Phi) is 9.27. The van der Waals surface area contributed by atoms with E-state index in [1.54, 1.807) is 6.92 Å². The van der Waals surface area contributed by atoms with E-state index in [9.17, 15) is 19.2 Å². The second-order valence-corrected chi connectivity index (χ2v) is 5.64. The zero-order valence-corrected chi connectivity index (χ0v) is 15.4. The van der Waals surface area contributed by atoms with Gasteiger partial charge in [-0.1, -0.05) is 27.7 Å². The van der Waals surface area contributed by atoms with Crippen LogP contribution in [0, 0.1) is 25.2 Å². The third kappa shape index (κ3) is 7.20. The molecule has 1 saturated heterocycles. The molecule has 0 N–H and O–H groups in total. The van der Waals surface area contributed by atoms with Crippen molar-refractivity contribution < 1.29 is 51.9 Å². The number of likely N-dealkylation sites (tertiary alicyclic amines) is 1. The zero-order chi connectivity index (χ0) is 15.4. The number of nitrogens with zero attached hydrogens (tertiary/aromatic N) is 1. The summed E-state index contributed by atoms with van der Waals surface area (Å²) in [5.41, 5.74) is -0.250. The third-order valence-corrected chi connectivity index (χ3v) is 2.64. The summed E-state index contributed by atoms with van der Waals surface area (Å²) < 4.78 is 0. The van der Waals surface area contributed by atoms with Gasteiger partial charge >= 0.3 is 0 Å². The quantitative estimate of drug-likeness (QED) is 0.551. The van der Waals surface area contributed by atoms with Gasteiger partial charge < -0.3 is 23.4 Å². The van der Waals surface area contributed by atoms with Crippen LogP contribution < -0.4 is 0 Å². The van der Waals surface area contributed by atoms with Gasteiger partial charge in [0.25, 0.3) is 0 Å². The number of rotatable bonds is 2. The van der Waals surface area contributed by atoms with E-state index in [0.29, 0.717) is 0 Å². The maximum absolute atomic E-state index is 11.2. The number of amides is 2. The van der Waals surface area contributed by atoms with Crippen LogP contribution in [-0.4, -0.2) is 34.8 Å². The summed E-state index contributed by atoms with van der Waals surface area (Å²) in [6.45, 7) is 13.4. The number of ketones is 2. The van der Waals surface area contributed by atoms with Gasteiger partial charge in [-0.25, -0.2) is 0 Å². The summed E-state index contributed by atoms with van der Waals surface area (Å²) in [6, 6.07) is 0. The summed E-state index contributed by atoms with van der Waals surface area (Å²) >= 11 is 0. The Bertz CT molecular complexity index is 398. The molecular weight excluding hydrogens is 335 g/mol. The van der Waals surface area contributed by atoms with Crippen LogP contribution in [0.15, 0.2) is 0 Å². The third-order valence-electron chi connectivity index (χ3n) is 2.64. The summed E-state index contributed by atoms with van der Waals surface area (Å²) in [6.07, 6.45) is 0.214. The Labute approximate surface area is 145 Å². The molecule has 20 heavy (non-hydrogen) atoms. The number of carbonyl (C=O) groups is 4. The van der Waals surface area contributed by atoms with E-state index < -0.39 is 5.78 Å². The van der Waals surface area contributed by atoms with E-state index in [2.05, 4.69) is 13.8 Å². The van der Waals surface area contributed by atoms with Crippen molar-refractivity contribution >= 4 is 23.4 Å². The molecule has 1 aliphatic rings. The van der Waals surface area contributed by atoms with E-state index in [4.69, 9.17) is 0 Å². The van der Waals surface area contributed by atoms with Gasteiger partial charge in [0, 0.05) is 56.6 Å². The van der Waals surface area contributed by atoms with Gasteiger partial charge in [-0.3, -0.25) is 14.5 Å². The molecule has 1 fully saturated rings. The molecule has 1 heterocycles. The van der Waals surface area contributed by atoms with Crippen LogP contribution in [0.5, 0.6) is 0 Å². The fourth-order valence-corrected chi connectivity index (χ4v) is 1.19. The van der Waals surface area contributed by atoms with Gasteiger partial charge in [0.05, 0.1) is 6.54 Å². The second-order valence-electron chi connectivity index (χ2n) is 5.64. The molecule has 0 saturated carbocycles. The number of carbonyl (C=O) groups excluding carboxylic acids is 4. The first-order valence-corrected chi connectivity index (χ1v) is 6.02. The fraction of sp³-hybridized carbons (Fsp3) is 0.571. The predicted octanol–water partition coefficient (Wildman–Crippen LogP) is 1.22. The average molecular weight is 356 g/mol. The second kappa shape index (κ2) is 8.58. The van der Waals surface area contributed by atoms with Crippen molar-refractivity contribution in [1.29, 1.82) is 0 Å². The number of hydrogen-bond donors (Lipinski definition) is 0. The van der Waals surface area contributed by atoms with E-state index in [-0.39, 0.29) is 74.6 Å². The van der Waals surface area contributed by atoms with Gasteiger partial charge in [-0.2, -0.15) is 0 Å². The van der Waals surface area contributed by atoms with Gasteiger partial charge in [0.1, 0.15) is 0 Å². The Morgan fingerprint density at radius 3 is 1.85 bits per heavy atom.